The minimum atomic E-state index is -0.0287. The fourth-order valence-electron chi connectivity index (χ4n) is 1.96. The average Bonchev–Trinajstić information content (AvgIpc) is 2.38. The Kier molecular flexibility index (Phi) is 4.53. The Balaban J connectivity index is 2.19. The smallest absolute Gasteiger partial charge is 0.124 e. The molecule has 0 fully saturated rings. The van der Waals surface area contributed by atoms with Gasteiger partial charge in [-0.25, -0.2) is 0 Å². The molecule has 0 saturated heterocycles. The zero-order valence-electron chi connectivity index (χ0n) is 11.0. The first-order valence-electron chi connectivity index (χ1n) is 6.07. The van der Waals surface area contributed by atoms with E-state index in [2.05, 4.69) is 4.90 Å². The van der Waals surface area contributed by atoms with Gasteiger partial charge < -0.3 is 10.6 Å². The highest BCUT2D eigenvalue weighted by Gasteiger charge is 2.08. The first-order chi connectivity index (χ1) is 9.47. The molecule has 0 aromatic heterocycles. The molecule has 0 radical (unpaired) electrons. The minimum Gasteiger partial charge on any atom is -0.384 e. The second kappa shape index (κ2) is 6.16. The molecule has 20 heavy (non-hydrogen) atoms. The zero-order chi connectivity index (χ0) is 14.7. The Morgan fingerprint density at radius 1 is 1.20 bits per heavy atom. The third-order valence-electron chi connectivity index (χ3n) is 2.99. The van der Waals surface area contributed by atoms with Crippen LogP contribution in [0.5, 0.6) is 0 Å². The molecular formula is C15H15Cl2N3. The molecule has 0 heterocycles. The van der Waals surface area contributed by atoms with Crippen LogP contribution in [0.4, 0.5) is 5.69 Å². The van der Waals surface area contributed by atoms with Gasteiger partial charge in [-0.1, -0.05) is 35.3 Å². The van der Waals surface area contributed by atoms with Crippen LogP contribution < -0.4 is 10.6 Å². The van der Waals surface area contributed by atoms with Gasteiger partial charge in [0.15, 0.2) is 0 Å². The molecule has 3 nitrogen and oxygen atoms in total. The van der Waals surface area contributed by atoms with Gasteiger partial charge in [-0.15, -0.1) is 0 Å². The second-order valence-electron chi connectivity index (χ2n) is 4.56. The number of nitrogens with one attached hydrogen (secondary N) is 1. The van der Waals surface area contributed by atoms with Crippen LogP contribution >= 0.6 is 23.2 Å². The number of hydrogen-bond donors (Lipinski definition) is 2. The summed E-state index contributed by atoms with van der Waals surface area (Å²) in [7, 11) is 1.97. The summed E-state index contributed by atoms with van der Waals surface area (Å²) in [6, 6.07) is 13.2. The van der Waals surface area contributed by atoms with Gasteiger partial charge in [0, 0.05) is 29.9 Å². The Morgan fingerprint density at radius 2 is 1.95 bits per heavy atom. The van der Waals surface area contributed by atoms with Crippen molar-refractivity contribution >= 4 is 34.7 Å². The van der Waals surface area contributed by atoms with E-state index < -0.39 is 0 Å². The summed E-state index contributed by atoms with van der Waals surface area (Å²) >= 11 is 12.1. The third-order valence-corrected chi connectivity index (χ3v) is 3.54. The van der Waals surface area contributed by atoms with Crippen molar-refractivity contribution in [2.45, 2.75) is 6.54 Å². The number of nitrogens with two attached hydrogens (primary N) is 1. The lowest BCUT2D eigenvalue weighted by molar-refractivity contribution is 0.923. The van der Waals surface area contributed by atoms with Crippen LogP contribution in [0, 0.1) is 5.41 Å². The number of hydrogen-bond acceptors (Lipinski definition) is 2. The topological polar surface area (TPSA) is 53.1 Å². The van der Waals surface area contributed by atoms with Crippen LogP contribution in [-0.2, 0) is 6.54 Å². The highest BCUT2D eigenvalue weighted by atomic mass is 35.5. The molecular weight excluding hydrogens is 293 g/mol. The van der Waals surface area contributed by atoms with Gasteiger partial charge in [0.25, 0.3) is 0 Å². The van der Waals surface area contributed by atoms with Crippen molar-refractivity contribution in [1.82, 2.24) is 0 Å². The van der Waals surface area contributed by atoms with Crippen molar-refractivity contribution in [2.24, 2.45) is 5.73 Å². The molecule has 0 aliphatic heterocycles. The van der Waals surface area contributed by atoms with Crippen molar-refractivity contribution in [3.63, 3.8) is 0 Å². The van der Waals surface area contributed by atoms with E-state index in [1.165, 1.54) is 0 Å². The fraction of sp³-hybridized carbons (Fsp3) is 0.133. The lowest BCUT2D eigenvalue weighted by Gasteiger charge is -2.20. The van der Waals surface area contributed by atoms with Gasteiger partial charge in [0.05, 0.1) is 5.02 Å². The lowest BCUT2D eigenvalue weighted by atomic mass is 10.1. The van der Waals surface area contributed by atoms with E-state index in [-0.39, 0.29) is 5.84 Å². The third kappa shape index (κ3) is 3.44. The normalized spacial score (nSPS) is 10.3. The van der Waals surface area contributed by atoms with Gasteiger partial charge >= 0.3 is 0 Å². The van der Waals surface area contributed by atoms with Gasteiger partial charge in [-0.3, -0.25) is 5.41 Å². The predicted molar refractivity (Wildman–Crippen MR) is 86.0 cm³/mol. The van der Waals surface area contributed by atoms with E-state index in [0.29, 0.717) is 10.6 Å². The fourth-order valence-corrected chi connectivity index (χ4v) is 2.45. The predicted octanol–water partition coefficient (Wildman–Crippen LogP) is 3.91. The summed E-state index contributed by atoms with van der Waals surface area (Å²) < 4.78 is 0. The molecule has 2 rings (SSSR count). The lowest BCUT2D eigenvalue weighted by Crippen LogP contribution is -2.17. The molecule has 0 aliphatic carbocycles. The molecule has 2 aromatic rings. The molecule has 0 bridgehead atoms. The summed E-state index contributed by atoms with van der Waals surface area (Å²) in [5.74, 6) is -0.0287. The maximum Gasteiger partial charge on any atom is 0.124 e. The monoisotopic (exact) mass is 307 g/mol. The van der Waals surface area contributed by atoms with Crippen molar-refractivity contribution in [3.05, 3.63) is 63.6 Å². The highest BCUT2D eigenvalue weighted by molar-refractivity contribution is 6.34. The summed E-state index contributed by atoms with van der Waals surface area (Å²) in [4.78, 5) is 2.06. The maximum atomic E-state index is 7.42. The molecule has 0 saturated carbocycles. The van der Waals surface area contributed by atoms with Crippen LogP contribution in [-0.4, -0.2) is 12.9 Å². The standard InChI is InChI=1S/C15H15Cl2N3/c1-20(9-10-3-2-4-11(16)7-10)12-5-6-13(15(18)19)14(17)8-12/h2-8H,9H2,1H3,(H3,18,19). The van der Waals surface area contributed by atoms with Crippen LogP contribution in [0.25, 0.3) is 0 Å². The molecule has 0 spiro atoms. The maximum absolute atomic E-state index is 7.42. The van der Waals surface area contributed by atoms with Crippen molar-refractivity contribution in [2.75, 3.05) is 11.9 Å². The van der Waals surface area contributed by atoms with E-state index in [4.69, 9.17) is 34.3 Å². The van der Waals surface area contributed by atoms with E-state index in [1.807, 2.05) is 43.4 Å². The number of halogens is 2. The zero-order valence-corrected chi connectivity index (χ0v) is 12.5. The summed E-state index contributed by atoms with van der Waals surface area (Å²) in [6.45, 7) is 0.719. The first kappa shape index (κ1) is 14.7. The van der Waals surface area contributed by atoms with Crippen LogP contribution in [0.3, 0.4) is 0 Å². The summed E-state index contributed by atoms with van der Waals surface area (Å²) in [5.41, 5.74) is 8.07. The number of rotatable bonds is 4. The van der Waals surface area contributed by atoms with Crippen LogP contribution in [0.1, 0.15) is 11.1 Å². The molecule has 0 unspecified atom stereocenters. The summed E-state index contributed by atoms with van der Waals surface area (Å²) in [6.07, 6.45) is 0. The Morgan fingerprint density at radius 3 is 2.55 bits per heavy atom. The number of nitrogen functional groups attached to an aromatic ring is 1. The quantitative estimate of drug-likeness (QED) is 0.664. The van der Waals surface area contributed by atoms with E-state index in [0.717, 1.165) is 22.8 Å². The summed E-state index contributed by atoms with van der Waals surface area (Å²) in [5, 5.41) is 8.62. The van der Waals surface area contributed by atoms with Gasteiger partial charge in [0.1, 0.15) is 5.84 Å². The molecule has 5 heteroatoms. The SMILES string of the molecule is CN(Cc1cccc(Cl)c1)c1ccc(C(=N)N)c(Cl)c1. The Hall–Kier alpha value is -1.71. The molecule has 2 aromatic carbocycles. The van der Waals surface area contributed by atoms with Crippen LogP contribution in [0.2, 0.25) is 10.0 Å². The average molecular weight is 308 g/mol. The Labute approximate surface area is 128 Å². The van der Waals surface area contributed by atoms with E-state index in [9.17, 15) is 0 Å². The van der Waals surface area contributed by atoms with E-state index >= 15 is 0 Å². The highest BCUT2D eigenvalue weighted by Crippen LogP contribution is 2.24. The van der Waals surface area contributed by atoms with Gasteiger partial charge in [-0.05, 0) is 35.9 Å². The van der Waals surface area contributed by atoms with Crippen molar-refractivity contribution in [1.29, 1.82) is 5.41 Å². The molecule has 0 aliphatic rings. The molecule has 0 amide bonds. The molecule has 0 atom stereocenters. The number of benzene rings is 2. The van der Waals surface area contributed by atoms with Crippen molar-refractivity contribution < 1.29 is 0 Å². The number of amidine groups is 1. The first-order valence-corrected chi connectivity index (χ1v) is 6.82. The molecule has 104 valence electrons. The number of nitrogens with zero attached hydrogens (tertiary/aromatic N) is 1. The largest absolute Gasteiger partial charge is 0.384 e. The molecule has 3 N–H and O–H groups in total. The van der Waals surface area contributed by atoms with Gasteiger partial charge in [-0.2, -0.15) is 0 Å². The van der Waals surface area contributed by atoms with Crippen LogP contribution in [0.15, 0.2) is 42.5 Å². The second-order valence-corrected chi connectivity index (χ2v) is 5.41. The Bertz CT molecular complexity index is 641. The van der Waals surface area contributed by atoms with Crippen molar-refractivity contribution in [3.8, 4) is 0 Å². The minimum absolute atomic E-state index is 0.0287. The van der Waals surface area contributed by atoms with Gasteiger partial charge in [0.2, 0.25) is 0 Å². The number of anilines is 1. The van der Waals surface area contributed by atoms with E-state index in [1.54, 1.807) is 6.07 Å².